The fourth-order valence-electron chi connectivity index (χ4n) is 0.597. The Labute approximate surface area is 69.6 Å². The third-order valence-electron chi connectivity index (χ3n) is 1.14. The van der Waals surface area contributed by atoms with E-state index >= 15 is 0 Å². The molecule has 1 atom stereocenters. The van der Waals surface area contributed by atoms with Crippen molar-refractivity contribution < 1.29 is 9.13 Å². The number of hydrogen-bond donors (Lipinski definition) is 0. The first-order valence-electron chi connectivity index (χ1n) is 3.32. The van der Waals surface area contributed by atoms with Crippen molar-refractivity contribution in [3.05, 3.63) is 18.3 Å². The molecule has 1 rings (SSSR count). The van der Waals surface area contributed by atoms with E-state index in [0.29, 0.717) is 0 Å². The molecule has 0 aromatic carbocycles. The molecule has 0 saturated carbocycles. The van der Waals surface area contributed by atoms with E-state index in [-0.39, 0.29) is 5.88 Å². The molecule has 0 aliphatic heterocycles. The average molecular weight is 166 g/mol. The van der Waals surface area contributed by atoms with Gasteiger partial charge in [-0.3, -0.25) is 0 Å². The predicted molar refractivity (Wildman–Crippen MR) is 40.9 cm³/mol. The zero-order valence-electron chi connectivity index (χ0n) is 6.49. The molecule has 3 nitrogen and oxygen atoms in total. The Morgan fingerprint density at radius 3 is 3.00 bits per heavy atom. The minimum Gasteiger partial charge on any atom is -0.461 e. The zero-order valence-corrected chi connectivity index (χ0v) is 6.49. The van der Waals surface area contributed by atoms with Crippen LogP contribution in [0.3, 0.4) is 0 Å². The van der Waals surface area contributed by atoms with E-state index in [2.05, 4.69) is 15.9 Å². The maximum absolute atomic E-state index is 12.4. The Hall–Kier alpha value is -1.63. The molecule has 4 heteroatoms. The second-order valence-electron chi connectivity index (χ2n) is 2.11. The Kier molecular flexibility index (Phi) is 2.59. The molecule has 0 N–H and O–H groups in total. The highest BCUT2D eigenvalue weighted by Crippen LogP contribution is 2.06. The van der Waals surface area contributed by atoms with Crippen molar-refractivity contribution in [3.63, 3.8) is 0 Å². The maximum atomic E-state index is 12.4. The van der Waals surface area contributed by atoms with E-state index in [9.17, 15) is 4.39 Å². The molecule has 1 aromatic heterocycles. The number of terminal acetylenes is 1. The number of aromatic nitrogens is 2. The molecule has 0 saturated heterocycles. The number of ether oxygens (including phenoxy) is 1. The smallest absolute Gasteiger partial charge is 0.220 e. The van der Waals surface area contributed by atoms with E-state index in [1.807, 2.05) is 0 Å². The molecular formula is C8H7FN2O. The zero-order chi connectivity index (χ0) is 8.97. The second kappa shape index (κ2) is 3.67. The first-order chi connectivity index (χ1) is 5.72. The summed E-state index contributed by atoms with van der Waals surface area (Å²) in [4.78, 5) is 6.92. The first kappa shape index (κ1) is 8.47. The number of rotatable bonds is 2. The van der Waals surface area contributed by atoms with Crippen LogP contribution in [0.4, 0.5) is 4.39 Å². The lowest BCUT2D eigenvalue weighted by atomic mass is 10.4. The third kappa shape index (κ3) is 2.20. The van der Waals surface area contributed by atoms with Crippen LogP contribution < -0.4 is 4.74 Å². The summed E-state index contributed by atoms with van der Waals surface area (Å²) in [5, 5.41) is 0. The van der Waals surface area contributed by atoms with Crippen LogP contribution in [0.1, 0.15) is 6.92 Å². The molecule has 62 valence electrons. The van der Waals surface area contributed by atoms with Crippen LogP contribution in [0, 0.1) is 18.3 Å². The van der Waals surface area contributed by atoms with Gasteiger partial charge in [-0.1, -0.05) is 5.92 Å². The van der Waals surface area contributed by atoms with Crippen LogP contribution in [-0.4, -0.2) is 16.1 Å². The van der Waals surface area contributed by atoms with Crippen molar-refractivity contribution in [2.45, 2.75) is 13.0 Å². The summed E-state index contributed by atoms with van der Waals surface area (Å²) in [7, 11) is 0. The molecule has 0 bridgehead atoms. The van der Waals surface area contributed by atoms with Crippen molar-refractivity contribution in [2.24, 2.45) is 0 Å². The highest BCUT2D eigenvalue weighted by molar-refractivity contribution is 5.08. The summed E-state index contributed by atoms with van der Waals surface area (Å²) >= 11 is 0. The van der Waals surface area contributed by atoms with Crippen LogP contribution >= 0.6 is 0 Å². The van der Waals surface area contributed by atoms with Crippen LogP contribution in [0.2, 0.25) is 0 Å². The Morgan fingerprint density at radius 1 is 1.67 bits per heavy atom. The number of nitrogens with zero attached hydrogens (tertiary/aromatic N) is 2. The molecular weight excluding hydrogens is 159 g/mol. The molecule has 12 heavy (non-hydrogen) atoms. The first-order valence-corrected chi connectivity index (χ1v) is 3.32. The van der Waals surface area contributed by atoms with Crippen molar-refractivity contribution in [1.82, 2.24) is 9.97 Å². The van der Waals surface area contributed by atoms with Gasteiger partial charge in [-0.25, -0.2) is 9.97 Å². The maximum Gasteiger partial charge on any atom is 0.220 e. The average Bonchev–Trinajstić information content (AvgIpc) is 2.04. The van der Waals surface area contributed by atoms with Gasteiger partial charge >= 0.3 is 0 Å². The highest BCUT2D eigenvalue weighted by atomic mass is 19.1. The summed E-state index contributed by atoms with van der Waals surface area (Å²) < 4.78 is 17.5. The Balaban J connectivity index is 2.71. The molecule has 0 aliphatic carbocycles. The van der Waals surface area contributed by atoms with Crippen LogP contribution in [-0.2, 0) is 0 Å². The number of hydrogen-bond acceptors (Lipinski definition) is 3. The summed E-state index contributed by atoms with van der Waals surface area (Å²) in [5.41, 5.74) is 0. The molecule has 0 fully saturated rings. The van der Waals surface area contributed by atoms with Gasteiger partial charge in [0.1, 0.15) is 6.33 Å². The molecule has 1 heterocycles. The van der Waals surface area contributed by atoms with Gasteiger partial charge in [0, 0.05) is 0 Å². The fourth-order valence-corrected chi connectivity index (χ4v) is 0.597. The summed E-state index contributed by atoms with van der Waals surface area (Å²) in [6.45, 7) is 1.67. The molecule has 0 radical (unpaired) electrons. The van der Waals surface area contributed by atoms with Gasteiger partial charge in [0.15, 0.2) is 6.10 Å². The van der Waals surface area contributed by atoms with Gasteiger partial charge in [0.25, 0.3) is 0 Å². The van der Waals surface area contributed by atoms with Gasteiger partial charge in [0.2, 0.25) is 11.8 Å². The molecule has 0 spiro atoms. The lowest BCUT2D eigenvalue weighted by Crippen LogP contribution is -2.09. The van der Waals surface area contributed by atoms with Gasteiger partial charge < -0.3 is 4.74 Å². The lowest BCUT2D eigenvalue weighted by molar-refractivity contribution is 0.265. The summed E-state index contributed by atoms with van der Waals surface area (Å²) in [6, 6.07) is 1.08. The minimum absolute atomic E-state index is 0.146. The van der Waals surface area contributed by atoms with Crippen molar-refractivity contribution >= 4 is 0 Å². The Bertz CT molecular complexity index is 308. The lowest BCUT2D eigenvalue weighted by Gasteiger charge is -2.05. The molecule has 1 unspecified atom stereocenters. The highest BCUT2D eigenvalue weighted by Gasteiger charge is 2.01. The van der Waals surface area contributed by atoms with Crippen LogP contribution in [0.25, 0.3) is 0 Å². The van der Waals surface area contributed by atoms with E-state index < -0.39 is 12.1 Å². The molecule has 0 aliphatic rings. The van der Waals surface area contributed by atoms with E-state index in [1.54, 1.807) is 6.92 Å². The number of halogens is 1. The molecule has 0 amide bonds. The summed E-state index contributed by atoms with van der Waals surface area (Å²) in [5.74, 6) is 1.84. The van der Waals surface area contributed by atoms with Crippen molar-refractivity contribution in [2.75, 3.05) is 0 Å². The standard InChI is InChI=1S/C8H7FN2O/c1-3-6(2)12-8-4-7(9)10-5-11-8/h1,4-6H,2H3. The SMILES string of the molecule is C#CC(C)Oc1cc(F)ncn1. The normalized spacial score (nSPS) is 11.8. The van der Waals surface area contributed by atoms with Crippen molar-refractivity contribution in [1.29, 1.82) is 0 Å². The topological polar surface area (TPSA) is 35.0 Å². The quantitative estimate of drug-likeness (QED) is 0.486. The minimum atomic E-state index is -0.635. The molecule has 1 aromatic rings. The summed E-state index contributed by atoms with van der Waals surface area (Å²) in [6.07, 6.45) is 5.71. The van der Waals surface area contributed by atoms with Crippen LogP contribution in [0.5, 0.6) is 5.88 Å². The predicted octanol–water partition coefficient (Wildman–Crippen LogP) is 1.02. The van der Waals surface area contributed by atoms with Crippen LogP contribution in [0.15, 0.2) is 12.4 Å². The van der Waals surface area contributed by atoms with Crippen molar-refractivity contribution in [3.8, 4) is 18.2 Å². The monoisotopic (exact) mass is 166 g/mol. The van der Waals surface area contributed by atoms with Gasteiger partial charge in [-0.2, -0.15) is 4.39 Å². The fraction of sp³-hybridized carbons (Fsp3) is 0.250. The van der Waals surface area contributed by atoms with E-state index in [0.717, 1.165) is 12.4 Å². The third-order valence-corrected chi connectivity index (χ3v) is 1.14. The van der Waals surface area contributed by atoms with Gasteiger partial charge in [-0.15, -0.1) is 6.42 Å². The van der Waals surface area contributed by atoms with E-state index in [1.165, 1.54) is 0 Å². The largest absolute Gasteiger partial charge is 0.461 e. The second-order valence-corrected chi connectivity index (χ2v) is 2.11. The van der Waals surface area contributed by atoms with Gasteiger partial charge in [0.05, 0.1) is 6.07 Å². The van der Waals surface area contributed by atoms with Gasteiger partial charge in [-0.05, 0) is 6.92 Å². The van der Waals surface area contributed by atoms with E-state index in [4.69, 9.17) is 11.2 Å². The Morgan fingerprint density at radius 2 is 2.42 bits per heavy atom.